The van der Waals surface area contributed by atoms with Gasteiger partial charge in [0.25, 0.3) is 0 Å². The van der Waals surface area contributed by atoms with Gasteiger partial charge in [-0.3, -0.25) is 4.99 Å². The largest absolute Gasteiger partial charge is 0.280 e. The van der Waals surface area contributed by atoms with Gasteiger partial charge in [-0.25, -0.2) is 4.98 Å². The van der Waals surface area contributed by atoms with E-state index in [4.69, 9.17) is 9.98 Å². The maximum atomic E-state index is 4.93. The Bertz CT molecular complexity index is 1070. The summed E-state index contributed by atoms with van der Waals surface area (Å²) in [6, 6.07) is 27.3. The molecule has 0 amide bonds. The van der Waals surface area contributed by atoms with Gasteiger partial charge in [0.05, 0.1) is 23.0 Å². The molecule has 3 aromatic carbocycles. The highest BCUT2D eigenvalue weighted by molar-refractivity contribution is 5.99. The molecule has 2 heteroatoms. The molecule has 25 heavy (non-hydrogen) atoms. The highest BCUT2D eigenvalue weighted by Gasteiger charge is 2.09. The van der Waals surface area contributed by atoms with Crippen molar-refractivity contribution in [2.24, 2.45) is 4.99 Å². The van der Waals surface area contributed by atoms with Crippen molar-refractivity contribution in [3.8, 4) is 0 Å². The fraction of sp³-hybridized carbons (Fsp3) is 0.130. The second kappa shape index (κ2) is 6.48. The first-order valence-corrected chi connectivity index (χ1v) is 8.60. The lowest BCUT2D eigenvalue weighted by molar-refractivity contribution is 0.827. The van der Waals surface area contributed by atoms with Gasteiger partial charge in [0.1, 0.15) is 0 Å². The van der Waals surface area contributed by atoms with Gasteiger partial charge in [-0.1, -0.05) is 66.7 Å². The first-order valence-electron chi connectivity index (χ1n) is 8.60. The van der Waals surface area contributed by atoms with Gasteiger partial charge in [-0.05, 0) is 42.3 Å². The van der Waals surface area contributed by atoms with E-state index in [1.54, 1.807) is 0 Å². The number of aromatic nitrogens is 1. The number of nitrogens with zero attached hydrogens (tertiary/aromatic N) is 2. The Labute approximate surface area is 147 Å². The minimum atomic E-state index is 0.0828. The summed E-state index contributed by atoms with van der Waals surface area (Å²) in [5, 5.41) is 3.67. The summed E-state index contributed by atoms with van der Waals surface area (Å²) in [5.74, 6) is 0. The topological polar surface area (TPSA) is 25.2 Å². The summed E-state index contributed by atoms with van der Waals surface area (Å²) in [4.78, 5) is 9.68. The molecule has 0 aliphatic carbocycles. The van der Waals surface area contributed by atoms with Gasteiger partial charge in [0, 0.05) is 5.39 Å². The summed E-state index contributed by atoms with van der Waals surface area (Å²) < 4.78 is 0. The minimum absolute atomic E-state index is 0.0828. The van der Waals surface area contributed by atoms with Crippen LogP contribution in [0.2, 0.25) is 0 Å². The van der Waals surface area contributed by atoms with Crippen LogP contribution in [-0.4, -0.2) is 10.7 Å². The Kier molecular flexibility index (Phi) is 4.02. The summed E-state index contributed by atoms with van der Waals surface area (Å²) in [6.45, 7) is 4.19. The van der Waals surface area contributed by atoms with E-state index >= 15 is 0 Å². The van der Waals surface area contributed by atoms with Gasteiger partial charge in [-0.15, -0.1) is 0 Å². The van der Waals surface area contributed by atoms with Crippen molar-refractivity contribution in [1.82, 2.24) is 4.98 Å². The van der Waals surface area contributed by atoms with Crippen molar-refractivity contribution in [2.75, 3.05) is 0 Å². The van der Waals surface area contributed by atoms with Gasteiger partial charge in [-0.2, -0.15) is 0 Å². The van der Waals surface area contributed by atoms with Crippen molar-refractivity contribution in [3.63, 3.8) is 0 Å². The highest BCUT2D eigenvalue weighted by Crippen LogP contribution is 2.27. The van der Waals surface area contributed by atoms with E-state index < -0.39 is 0 Å². The maximum absolute atomic E-state index is 4.93. The summed E-state index contributed by atoms with van der Waals surface area (Å²) in [7, 11) is 0. The number of rotatable bonds is 3. The molecular weight excluding hydrogens is 304 g/mol. The van der Waals surface area contributed by atoms with Crippen molar-refractivity contribution in [1.29, 1.82) is 0 Å². The summed E-state index contributed by atoms with van der Waals surface area (Å²) in [5.41, 5.74) is 4.16. The Morgan fingerprint density at radius 2 is 1.52 bits per heavy atom. The number of benzene rings is 3. The number of aliphatic imine (C=N–C) groups is 1. The van der Waals surface area contributed by atoms with Crippen molar-refractivity contribution < 1.29 is 0 Å². The predicted molar refractivity (Wildman–Crippen MR) is 106 cm³/mol. The first kappa shape index (κ1) is 15.5. The third kappa shape index (κ3) is 3.03. The number of hydrogen-bond acceptors (Lipinski definition) is 2. The number of para-hydroxylation sites is 1. The van der Waals surface area contributed by atoms with E-state index in [2.05, 4.69) is 67.6 Å². The van der Waals surface area contributed by atoms with Crippen LogP contribution < -0.4 is 0 Å². The first-order chi connectivity index (χ1) is 12.2. The Balaban J connectivity index is 1.72. The molecule has 2 nitrogen and oxygen atoms in total. The summed E-state index contributed by atoms with van der Waals surface area (Å²) >= 11 is 0. The van der Waals surface area contributed by atoms with E-state index in [1.807, 2.05) is 25.1 Å². The van der Waals surface area contributed by atoms with Crippen molar-refractivity contribution >= 4 is 27.4 Å². The predicted octanol–water partition coefficient (Wildman–Crippen LogP) is 5.96. The average Bonchev–Trinajstić information content (AvgIpc) is 2.67. The lowest BCUT2D eigenvalue weighted by atomic mass is 10.00. The Morgan fingerprint density at radius 1 is 0.800 bits per heavy atom. The van der Waals surface area contributed by atoms with Crippen molar-refractivity contribution in [3.05, 3.63) is 90.1 Å². The van der Waals surface area contributed by atoms with Crippen LogP contribution in [0, 0.1) is 0 Å². The third-order valence-electron chi connectivity index (χ3n) is 4.63. The molecule has 0 saturated heterocycles. The Morgan fingerprint density at radius 3 is 2.40 bits per heavy atom. The number of fused-ring (bicyclic) bond motifs is 2. The molecule has 122 valence electrons. The van der Waals surface area contributed by atoms with E-state index in [1.165, 1.54) is 16.3 Å². The molecule has 4 rings (SSSR count). The van der Waals surface area contributed by atoms with Crippen LogP contribution in [-0.2, 0) is 0 Å². The van der Waals surface area contributed by atoms with Crippen LogP contribution in [0.25, 0.3) is 21.7 Å². The second-order valence-corrected chi connectivity index (χ2v) is 6.35. The SMILES string of the molecule is CC(=N[C@@H](C)c1cccc2ccccc12)c1ccc2ccccc2n1. The van der Waals surface area contributed by atoms with Crippen LogP contribution in [0.3, 0.4) is 0 Å². The lowest BCUT2D eigenvalue weighted by Gasteiger charge is -2.12. The number of pyridine rings is 1. The molecule has 0 spiro atoms. The molecule has 0 fully saturated rings. The maximum Gasteiger partial charge on any atom is 0.0845 e. The second-order valence-electron chi connectivity index (χ2n) is 6.35. The van der Waals surface area contributed by atoms with Crippen LogP contribution in [0.1, 0.15) is 31.1 Å². The summed E-state index contributed by atoms with van der Waals surface area (Å²) in [6.07, 6.45) is 0. The smallest absolute Gasteiger partial charge is 0.0845 e. The van der Waals surface area contributed by atoms with Gasteiger partial charge >= 0.3 is 0 Å². The molecule has 0 aliphatic rings. The molecule has 0 aliphatic heterocycles. The van der Waals surface area contributed by atoms with Crippen LogP contribution in [0.5, 0.6) is 0 Å². The zero-order valence-corrected chi connectivity index (χ0v) is 14.5. The fourth-order valence-electron chi connectivity index (χ4n) is 3.31. The molecule has 1 aromatic heterocycles. The van der Waals surface area contributed by atoms with Crippen molar-refractivity contribution in [2.45, 2.75) is 19.9 Å². The minimum Gasteiger partial charge on any atom is -0.280 e. The van der Waals surface area contributed by atoms with E-state index in [0.29, 0.717) is 0 Å². The monoisotopic (exact) mass is 324 g/mol. The van der Waals surface area contributed by atoms with E-state index in [9.17, 15) is 0 Å². The molecule has 0 saturated carbocycles. The van der Waals surface area contributed by atoms with Gasteiger partial charge in [0.15, 0.2) is 0 Å². The Hall–Kier alpha value is -3.00. The third-order valence-corrected chi connectivity index (χ3v) is 4.63. The van der Waals surface area contributed by atoms with Crippen LogP contribution in [0.15, 0.2) is 83.9 Å². The zero-order valence-electron chi connectivity index (χ0n) is 14.5. The standard InChI is InChI=1S/C23H20N2/c1-16(20-12-7-10-18-8-3-5-11-21(18)20)24-17(2)22-15-14-19-9-4-6-13-23(19)25-22/h3-16H,1-2H3/t16-/m0/s1. The van der Waals surface area contributed by atoms with E-state index in [-0.39, 0.29) is 6.04 Å². The highest BCUT2D eigenvalue weighted by atomic mass is 14.8. The number of hydrogen-bond donors (Lipinski definition) is 0. The molecular formula is C23H20N2. The quantitative estimate of drug-likeness (QED) is 0.427. The molecule has 0 N–H and O–H groups in total. The van der Waals surface area contributed by atoms with Crippen LogP contribution >= 0.6 is 0 Å². The molecule has 4 aromatic rings. The molecule has 0 bridgehead atoms. The molecule has 0 unspecified atom stereocenters. The van der Waals surface area contributed by atoms with Gasteiger partial charge in [0.2, 0.25) is 0 Å². The average molecular weight is 324 g/mol. The molecule has 1 heterocycles. The van der Waals surface area contributed by atoms with Crippen LogP contribution in [0.4, 0.5) is 0 Å². The van der Waals surface area contributed by atoms with E-state index in [0.717, 1.165) is 22.3 Å². The normalized spacial score (nSPS) is 13.3. The van der Waals surface area contributed by atoms with Gasteiger partial charge < -0.3 is 0 Å². The molecule has 1 atom stereocenters. The zero-order chi connectivity index (χ0) is 17.2. The molecule has 0 radical (unpaired) electrons. The fourth-order valence-corrected chi connectivity index (χ4v) is 3.31. The lowest BCUT2D eigenvalue weighted by Crippen LogP contribution is -2.02.